The summed E-state index contributed by atoms with van der Waals surface area (Å²) in [5.41, 5.74) is 2.63. The molecule has 25 heavy (non-hydrogen) atoms. The molecule has 2 aromatic carbocycles. The lowest BCUT2D eigenvalue weighted by Crippen LogP contribution is -2.34. The molecule has 0 saturated heterocycles. The summed E-state index contributed by atoms with van der Waals surface area (Å²) in [6.45, 7) is 8.19. The molecule has 0 heterocycles. The second-order valence-electron chi connectivity index (χ2n) is 6.55. The zero-order valence-corrected chi connectivity index (χ0v) is 16.1. The molecule has 0 atom stereocenters. The second kappa shape index (κ2) is 7.35. The number of phenols is 1. The minimum atomic E-state index is -3.79. The maximum Gasteiger partial charge on any atom is 0.264 e. The molecule has 0 aromatic heterocycles. The van der Waals surface area contributed by atoms with E-state index in [2.05, 4.69) is 0 Å². The third-order valence-corrected chi connectivity index (χ3v) is 5.67. The standard InChI is InChI=1S/C19H25NO4S/c1-13(2)12-20(17-8-6-14(3)10-15(17)4)25(22,23)16-7-9-18(21)19(11-16)24-5/h6-11,13,21H,12H2,1-5H3. The van der Waals surface area contributed by atoms with E-state index in [4.69, 9.17) is 4.74 Å². The summed E-state index contributed by atoms with van der Waals surface area (Å²) in [5.74, 6) is 0.184. The molecule has 0 spiro atoms. The maximum atomic E-state index is 13.3. The Labute approximate surface area is 149 Å². The number of methoxy groups -OCH3 is 1. The number of aromatic hydroxyl groups is 1. The van der Waals surface area contributed by atoms with Crippen molar-refractivity contribution in [3.63, 3.8) is 0 Å². The second-order valence-corrected chi connectivity index (χ2v) is 8.42. The van der Waals surface area contributed by atoms with E-state index in [-0.39, 0.29) is 22.3 Å². The van der Waals surface area contributed by atoms with Crippen molar-refractivity contribution in [2.75, 3.05) is 18.0 Å². The summed E-state index contributed by atoms with van der Waals surface area (Å²) < 4.78 is 33.0. The van der Waals surface area contributed by atoms with Crippen LogP contribution in [0.3, 0.4) is 0 Å². The summed E-state index contributed by atoms with van der Waals surface area (Å²) in [5, 5.41) is 9.74. The number of nitrogens with zero attached hydrogens (tertiary/aromatic N) is 1. The third-order valence-electron chi connectivity index (χ3n) is 3.89. The number of anilines is 1. The van der Waals surface area contributed by atoms with E-state index in [1.54, 1.807) is 0 Å². The number of sulfonamides is 1. The van der Waals surface area contributed by atoms with Crippen molar-refractivity contribution in [3.8, 4) is 11.5 Å². The fourth-order valence-corrected chi connectivity index (χ4v) is 4.40. The number of hydrogen-bond donors (Lipinski definition) is 1. The Bertz CT molecular complexity index is 860. The molecular weight excluding hydrogens is 338 g/mol. The van der Waals surface area contributed by atoms with E-state index in [0.717, 1.165) is 11.1 Å². The van der Waals surface area contributed by atoms with Crippen molar-refractivity contribution in [2.24, 2.45) is 5.92 Å². The van der Waals surface area contributed by atoms with Gasteiger partial charge in [-0.3, -0.25) is 4.31 Å². The largest absolute Gasteiger partial charge is 0.504 e. The molecule has 136 valence electrons. The van der Waals surface area contributed by atoms with E-state index in [1.807, 2.05) is 45.9 Å². The van der Waals surface area contributed by atoms with Gasteiger partial charge in [-0.1, -0.05) is 31.5 Å². The first-order chi connectivity index (χ1) is 11.7. The molecule has 0 unspecified atom stereocenters. The normalized spacial score (nSPS) is 11.6. The fraction of sp³-hybridized carbons (Fsp3) is 0.368. The topological polar surface area (TPSA) is 66.8 Å². The Kier molecular flexibility index (Phi) is 5.62. The number of benzene rings is 2. The summed E-state index contributed by atoms with van der Waals surface area (Å²) in [6.07, 6.45) is 0. The van der Waals surface area contributed by atoms with E-state index in [0.29, 0.717) is 12.2 Å². The van der Waals surface area contributed by atoms with Gasteiger partial charge in [0.2, 0.25) is 0 Å². The van der Waals surface area contributed by atoms with E-state index in [9.17, 15) is 13.5 Å². The first-order valence-electron chi connectivity index (χ1n) is 8.13. The lowest BCUT2D eigenvalue weighted by Gasteiger charge is -2.28. The molecule has 0 fully saturated rings. The van der Waals surface area contributed by atoms with Gasteiger partial charge >= 0.3 is 0 Å². The average molecular weight is 363 g/mol. The van der Waals surface area contributed by atoms with Crippen molar-refractivity contribution in [3.05, 3.63) is 47.5 Å². The summed E-state index contributed by atoms with van der Waals surface area (Å²) in [4.78, 5) is 0.0859. The Balaban J connectivity index is 2.60. The highest BCUT2D eigenvalue weighted by Gasteiger charge is 2.27. The molecule has 0 saturated carbocycles. The first kappa shape index (κ1) is 19.1. The molecule has 0 aliphatic carbocycles. The zero-order valence-electron chi connectivity index (χ0n) is 15.3. The van der Waals surface area contributed by atoms with Crippen LogP contribution >= 0.6 is 0 Å². The molecule has 0 aliphatic heterocycles. The minimum Gasteiger partial charge on any atom is -0.504 e. The summed E-state index contributed by atoms with van der Waals surface area (Å²) in [7, 11) is -2.40. The van der Waals surface area contributed by atoms with Crippen LogP contribution in [0.5, 0.6) is 11.5 Å². The molecular formula is C19H25NO4S. The van der Waals surface area contributed by atoms with Crippen LogP contribution in [0, 0.1) is 19.8 Å². The Morgan fingerprint density at radius 1 is 1.12 bits per heavy atom. The molecule has 2 rings (SSSR count). The van der Waals surface area contributed by atoms with Gasteiger partial charge in [0.1, 0.15) is 0 Å². The molecule has 0 amide bonds. The van der Waals surface area contributed by atoms with Crippen LogP contribution in [0.4, 0.5) is 5.69 Å². The molecule has 0 bridgehead atoms. The number of ether oxygens (including phenoxy) is 1. The van der Waals surface area contributed by atoms with Crippen molar-refractivity contribution < 1.29 is 18.3 Å². The van der Waals surface area contributed by atoms with Gasteiger partial charge in [-0.2, -0.15) is 0 Å². The van der Waals surface area contributed by atoms with E-state index in [1.165, 1.54) is 29.6 Å². The Morgan fingerprint density at radius 2 is 1.80 bits per heavy atom. The smallest absolute Gasteiger partial charge is 0.264 e. The van der Waals surface area contributed by atoms with Crippen molar-refractivity contribution in [2.45, 2.75) is 32.6 Å². The van der Waals surface area contributed by atoms with Crippen molar-refractivity contribution in [1.29, 1.82) is 0 Å². The van der Waals surface area contributed by atoms with Crippen LogP contribution in [0.1, 0.15) is 25.0 Å². The first-order valence-corrected chi connectivity index (χ1v) is 9.57. The highest BCUT2D eigenvalue weighted by atomic mass is 32.2. The van der Waals surface area contributed by atoms with Crippen LogP contribution in [0.25, 0.3) is 0 Å². The lowest BCUT2D eigenvalue weighted by molar-refractivity contribution is 0.372. The average Bonchev–Trinajstić information content (AvgIpc) is 2.53. The number of hydrogen-bond acceptors (Lipinski definition) is 4. The van der Waals surface area contributed by atoms with Gasteiger partial charge in [0, 0.05) is 12.6 Å². The van der Waals surface area contributed by atoms with Crippen LogP contribution in [-0.2, 0) is 10.0 Å². The fourth-order valence-electron chi connectivity index (χ4n) is 2.69. The lowest BCUT2D eigenvalue weighted by atomic mass is 10.1. The van der Waals surface area contributed by atoms with Crippen LogP contribution in [0.15, 0.2) is 41.3 Å². The van der Waals surface area contributed by atoms with Crippen LogP contribution < -0.4 is 9.04 Å². The maximum absolute atomic E-state index is 13.3. The third kappa shape index (κ3) is 4.07. The highest BCUT2D eigenvalue weighted by molar-refractivity contribution is 7.92. The van der Waals surface area contributed by atoms with Crippen LogP contribution in [0.2, 0.25) is 0 Å². The predicted molar refractivity (Wildman–Crippen MR) is 99.9 cm³/mol. The van der Waals surface area contributed by atoms with Gasteiger partial charge in [-0.25, -0.2) is 8.42 Å². The van der Waals surface area contributed by atoms with E-state index < -0.39 is 10.0 Å². The van der Waals surface area contributed by atoms with Crippen molar-refractivity contribution >= 4 is 15.7 Å². The van der Waals surface area contributed by atoms with Gasteiger partial charge in [0.05, 0.1) is 17.7 Å². The predicted octanol–water partition coefficient (Wildman–Crippen LogP) is 3.87. The highest BCUT2D eigenvalue weighted by Crippen LogP contribution is 2.33. The number of phenolic OH excluding ortho intramolecular Hbond substituents is 1. The van der Waals surface area contributed by atoms with E-state index >= 15 is 0 Å². The number of aryl methyl sites for hydroxylation is 2. The molecule has 2 aromatic rings. The summed E-state index contributed by atoms with van der Waals surface area (Å²) in [6, 6.07) is 9.78. The molecule has 6 heteroatoms. The van der Waals surface area contributed by atoms with Crippen LogP contribution in [-0.4, -0.2) is 27.2 Å². The monoisotopic (exact) mass is 363 g/mol. The summed E-state index contributed by atoms with van der Waals surface area (Å²) >= 11 is 0. The molecule has 1 N–H and O–H groups in total. The van der Waals surface area contributed by atoms with Gasteiger partial charge in [0.15, 0.2) is 11.5 Å². The zero-order chi connectivity index (χ0) is 18.8. The van der Waals surface area contributed by atoms with Crippen molar-refractivity contribution in [1.82, 2.24) is 0 Å². The quantitative estimate of drug-likeness (QED) is 0.846. The van der Waals surface area contributed by atoms with Gasteiger partial charge in [-0.05, 0) is 43.5 Å². The molecule has 0 aliphatic rings. The Morgan fingerprint density at radius 3 is 2.36 bits per heavy atom. The van der Waals surface area contributed by atoms with Gasteiger partial charge in [0.25, 0.3) is 10.0 Å². The van der Waals surface area contributed by atoms with Gasteiger partial charge in [-0.15, -0.1) is 0 Å². The Hall–Kier alpha value is -2.21. The molecule has 5 nitrogen and oxygen atoms in total. The number of rotatable bonds is 6. The molecule has 0 radical (unpaired) electrons. The van der Waals surface area contributed by atoms with Gasteiger partial charge < -0.3 is 9.84 Å². The minimum absolute atomic E-state index is 0.0859. The SMILES string of the molecule is COc1cc(S(=O)(=O)N(CC(C)C)c2ccc(C)cc2C)ccc1O.